The molecule has 1 saturated heterocycles. The first kappa shape index (κ1) is 19.4. The molecule has 0 radical (unpaired) electrons. The Balaban J connectivity index is 1.53. The largest absolute Gasteiger partial charge is 0.487 e. The molecule has 11 heteroatoms. The highest BCUT2D eigenvalue weighted by Crippen LogP contribution is 2.32. The summed E-state index contributed by atoms with van der Waals surface area (Å²) < 4.78 is 43.8. The topological polar surface area (TPSA) is 96.5 Å². The fourth-order valence-electron chi connectivity index (χ4n) is 2.46. The van der Waals surface area contributed by atoms with Crippen molar-refractivity contribution in [1.29, 1.82) is 0 Å². The van der Waals surface area contributed by atoms with Gasteiger partial charge in [0, 0.05) is 6.92 Å². The van der Waals surface area contributed by atoms with Gasteiger partial charge in [0.1, 0.15) is 11.9 Å². The van der Waals surface area contributed by atoms with Gasteiger partial charge in [0.2, 0.25) is 5.91 Å². The molecule has 8 nitrogen and oxygen atoms in total. The number of hydrogen-bond donors (Lipinski definition) is 2. The van der Waals surface area contributed by atoms with Gasteiger partial charge in [-0.05, 0) is 30.3 Å². The summed E-state index contributed by atoms with van der Waals surface area (Å²) in [7, 11) is 0. The van der Waals surface area contributed by atoms with Gasteiger partial charge in [-0.15, -0.1) is 10.2 Å². The third-order valence-electron chi connectivity index (χ3n) is 3.87. The maximum Gasteiger partial charge on any atom is 0.416 e. The highest BCUT2D eigenvalue weighted by molar-refractivity contribution is 5.93. The molecule has 2 aromatic rings. The number of anilines is 1. The van der Waals surface area contributed by atoms with Gasteiger partial charge >= 0.3 is 6.18 Å². The number of alkyl halides is 3. The zero-order chi connectivity index (χ0) is 20.3. The van der Waals surface area contributed by atoms with E-state index in [1.54, 1.807) is 11.0 Å². The zero-order valence-electron chi connectivity index (χ0n) is 14.7. The van der Waals surface area contributed by atoms with Crippen LogP contribution >= 0.6 is 0 Å². The number of hydrogen-bond acceptors (Lipinski definition) is 6. The van der Waals surface area contributed by atoms with Crippen LogP contribution in [0.2, 0.25) is 0 Å². The number of nitrogens with one attached hydrogen (secondary N) is 2. The lowest BCUT2D eigenvalue weighted by atomic mass is 10.1. The summed E-state index contributed by atoms with van der Waals surface area (Å²) in [6.07, 6.45) is -4.71. The molecule has 1 aliphatic heterocycles. The maximum atomic E-state index is 12.7. The second-order valence-electron chi connectivity index (χ2n) is 6.08. The summed E-state index contributed by atoms with van der Waals surface area (Å²) in [6.45, 7) is 2.08. The van der Waals surface area contributed by atoms with Crippen molar-refractivity contribution in [3.63, 3.8) is 0 Å². The number of benzene rings is 1. The number of carbonyl (C=O) groups excluding carboxylic acids is 2. The van der Waals surface area contributed by atoms with Crippen LogP contribution in [0.1, 0.15) is 23.0 Å². The Morgan fingerprint density at radius 2 is 1.89 bits per heavy atom. The number of hydrazine groups is 1. The predicted octanol–water partition coefficient (Wildman–Crippen LogP) is 1.54. The van der Waals surface area contributed by atoms with Crippen molar-refractivity contribution >= 4 is 17.6 Å². The molecule has 0 saturated carbocycles. The molecule has 2 heterocycles. The Hall–Kier alpha value is -3.37. The van der Waals surface area contributed by atoms with E-state index in [9.17, 15) is 22.8 Å². The monoisotopic (exact) mass is 395 g/mol. The molecular weight excluding hydrogens is 379 g/mol. The second-order valence-corrected chi connectivity index (χ2v) is 6.08. The number of ether oxygens (including phenoxy) is 1. The smallest absolute Gasteiger partial charge is 0.416 e. The molecule has 0 unspecified atom stereocenters. The van der Waals surface area contributed by atoms with E-state index < -0.39 is 23.6 Å². The Bertz CT molecular complexity index is 867. The van der Waals surface area contributed by atoms with Gasteiger partial charge in [0.25, 0.3) is 5.91 Å². The van der Waals surface area contributed by atoms with Crippen molar-refractivity contribution < 1.29 is 27.5 Å². The molecule has 0 aliphatic carbocycles. The van der Waals surface area contributed by atoms with Gasteiger partial charge in [0.05, 0.1) is 18.7 Å². The fraction of sp³-hybridized carbons (Fsp3) is 0.294. The zero-order valence-corrected chi connectivity index (χ0v) is 14.7. The van der Waals surface area contributed by atoms with Gasteiger partial charge in [-0.1, -0.05) is 6.07 Å². The molecule has 148 valence electrons. The lowest BCUT2D eigenvalue weighted by molar-refractivity contribution is -0.137. The van der Waals surface area contributed by atoms with Crippen LogP contribution in [0.25, 0.3) is 0 Å². The minimum absolute atomic E-state index is 0.0230. The summed E-state index contributed by atoms with van der Waals surface area (Å²) in [4.78, 5) is 24.3. The Morgan fingerprint density at radius 1 is 1.14 bits per heavy atom. The van der Waals surface area contributed by atoms with Crippen LogP contribution < -0.4 is 20.5 Å². The van der Waals surface area contributed by atoms with E-state index in [1.807, 2.05) is 0 Å². The number of carbonyl (C=O) groups is 2. The van der Waals surface area contributed by atoms with Crippen LogP contribution in [-0.2, 0) is 11.0 Å². The van der Waals surface area contributed by atoms with E-state index in [2.05, 4.69) is 21.0 Å². The van der Waals surface area contributed by atoms with Crippen LogP contribution in [0.3, 0.4) is 0 Å². The van der Waals surface area contributed by atoms with E-state index in [0.29, 0.717) is 18.9 Å². The Morgan fingerprint density at radius 3 is 2.50 bits per heavy atom. The van der Waals surface area contributed by atoms with Crippen molar-refractivity contribution in [2.24, 2.45) is 0 Å². The molecule has 1 aromatic heterocycles. The van der Waals surface area contributed by atoms with Crippen LogP contribution in [0.5, 0.6) is 5.75 Å². The highest BCUT2D eigenvalue weighted by Gasteiger charge is 2.33. The third kappa shape index (κ3) is 4.67. The first-order valence-electron chi connectivity index (χ1n) is 8.22. The van der Waals surface area contributed by atoms with Gasteiger partial charge in [-0.25, -0.2) is 0 Å². The van der Waals surface area contributed by atoms with Crippen molar-refractivity contribution in [3.8, 4) is 5.75 Å². The van der Waals surface area contributed by atoms with Crippen molar-refractivity contribution in [2.45, 2.75) is 19.2 Å². The molecule has 0 spiro atoms. The van der Waals surface area contributed by atoms with E-state index in [4.69, 9.17) is 4.74 Å². The third-order valence-corrected chi connectivity index (χ3v) is 3.87. The summed E-state index contributed by atoms with van der Waals surface area (Å²) in [5.74, 6) is -0.385. The van der Waals surface area contributed by atoms with E-state index in [0.717, 1.165) is 12.1 Å². The number of nitrogens with zero attached hydrogens (tertiary/aromatic N) is 3. The van der Waals surface area contributed by atoms with Crippen LogP contribution in [0.4, 0.5) is 19.0 Å². The van der Waals surface area contributed by atoms with E-state index in [-0.39, 0.29) is 17.5 Å². The average molecular weight is 395 g/mol. The van der Waals surface area contributed by atoms with Crippen molar-refractivity contribution in [1.82, 2.24) is 21.0 Å². The number of aromatic nitrogens is 2. The molecule has 0 bridgehead atoms. The molecule has 2 amide bonds. The number of amides is 2. The molecule has 2 N–H and O–H groups in total. The van der Waals surface area contributed by atoms with Crippen molar-refractivity contribution in [2.75, 3.05) is 18.0 Å². The van der Waals surface area contributed by atoms with E-state index in [1.165, 1.54) is 25.1 Å². The Labute approximate surface area is 157 Å². The fourth-order valence-corrected chi connectivity index (χ4v) is 2.46. The number of rotatable bonds is 4. The van der Waals surface area contributed by atoms with Crippen LogP contribution in [0.15, 0.2) is 36.4 Å². The molecule has 3 rings (SSSR count). The SMILES string of the molecule is CC(=O)NNC(=O)c1ccc(N2CC(Oc3cccc(C(F)(F)F)c3)C2)nn1. The first-order valence-corrected chi connectivity index (χ1v) is 8.22. The molecule has 1 aliphatic rings. The maximum absolute atomic E-state index is 12.7. The lowest BCUT2D eigenvalue weighted by Crippen LogP contribution is -2.54. The normalized spacial score (nSPS) is 14.2. The predicted molar refractivity (Wildman–Crippen MR) is 91.4 cm³/mol. The van der Waals surface area contributed by atoms with Gasteiger partial charge < -0.3 is 9.64 Å². The summed E-state index contributed by atoms with van der Waals surface area (Å²) in [6, 6.07) is 7.74. The minimum atomic E-state index is -4.42. The molecule has 0 atom stereocenters. The van der Waals surface area contributed by atoms with Crippen LogP contribution in [0, 0.1) is 0 Å². The summed E-state index contributed by atoms with van der Waals surface area (Å²) in [5, 5.41) is 7.72. The second kappa shape index (κ2) is 7.71. The molecule has 1 fully saturated rings. The summed E-state index contributed by atoms with van der Waals surface area (Å²) in [5.41, 5.74) is 3.57. The van der Waals surface area contributed by atoms with Gasteiger partial charge in [-0.2, -0.15) is 13.2 Å². The molecule has 28 heavy (non-hydrogen) atoms. The van der Waals surface area contributed by atoms with Crippen LogP contribution in [-0.4, -0.2) is 41.2 Å². The Kier molecular flexibility index (Phi) is 5.34. The molecule has 1 aromatic carbocycles. The quantitative estimate of drug-likeness (QED) is 0.763. The highest BCUT2D eigenvalue weighted by atomic mass is 19.4. The summed E-state index contributed by atoms with van der Waals surface area (Å²) >= 11 is 0. The van der Waals surface area contributed by atoms with E-state index >= 15 is 0 Å². The standard InChI is InChI=1S/C17H16F3N5O3/c1-10(26)21-24-16(27)14-5-6-15(23-22-14)25-8-13(9-25)28-12-4-2-3-11(7-12)17(18,19)20/h2-7,13H,8-9H2,1H3,(H,21,26)(H,24,27). The minimum Gasteiger partial charge on any atom is -0.487 e. The number of halogens is 3. The first-order chi connectivity index (χ1) is 13.2. The van der Waals surface area contributed by atoms with Gasteiger partial charge in [-0.3, -0.25) is 20.4 Å². The average Bonchev–Trinajstić information content (AvgIpc) is 2.62. The molecular formula is C17H16F3N5O3. The van der Waals surface area contributed by atoms with Crippen molar-refractivity contribution in [3.05, 3.63) is 47.7 Å². The lowest BCUT2D eigenvalue weighted by Gasteiger charge is -2.39. The van der Waals surface area contributed by atoms with Gasteiger partial charge in [0.15, 0.2) is 11.5 Å².